The van der Waals surface area contributed by atoms with Crippen LogP contribution in [-0.4, -0.2) is 5.91 Å². The van der Waals surface area contributed by atoms with E-state index in [-0.39, 0.29) is 5.91 Å². The summed E-state index contributed by atoms with van der Waals surface area (Å²) in [5.41, 5.74) is 7.19. The standard InChI is InChI=1S/C9H15NO/c1-4-7(3)8(5-2)6-9(10)11/h4-5H,6H2,1-3H3,(H2,10,11). The van der Waals surface area contributed by atoms with Crippen molar-refractivity contribution in [3.8, 4) is 0 Å². The van der Waals surface area contributed by atoms with Gasteiger partial charge in [-0.3, -0.25) is 4.79 Å². The minimum atomic E-state index is -0.278. The monoisotopic (exact) mass is 153 g/mol. The summed E-state index contributed by atoms with van der Waals surface area (Å²) in [6.45, 7) is 5.82. The molecule has 0 aliphatic rings. The van der Waals surface area contributed by atoms with Crippen LogP contribution in [0, 0.1) is 0 Å². The fourth-order valence-electron chi connectivity index (χ4n) is 0.842. The zero-order chi connectivity index (χ0) is 8.85. The van der Waals surface area contributed by atoms with Crippen LogP contribution in [0.1, 0.15) is 27.2 Å². The summed E-state index contributed by atoms with van der Waals surface area (Å²) in [5, 5.41) is 0. The van der Waals surface area contributed by atoms with Gasteiger partial charge in [0.05, 0.1) is 6.42 Å². The highest BCUT2D eigenvalue weighted by Gasteiger charge is 2.01. The number of hydrogen-bond acceptors (Lipinski definition) is 1. The van der Waals surface area contributed by atoms with Gasteiger partial charge in [0.2, 0.25) is 5.91 Å². The number of nitrogens with two attached hydrogens (primary N) is 1. The average molecular weight is 153 g/mol. The molecule has 0 fully saturated rings. The molecule has 0 aromatic rings. The lowest BCUT2D eigenvalue weighted by atomic mass is 10.0. The summed E-state index contributed by atoms with van der Waals surface area (Å²) in [6, 6.07) is 0. The molecule has 0 aromatic carbocycles. The summed E-state index contributed by atoms with van der Waals surface area (Å²) >= 11 is 0. The fourth-order valence-corrected chi connectivity index (χ4v) is 0.842. The summed E-state index contributed by atoms with van der Waals surface area (Å²) in [7, 11) is 0. The normalized spacial score (nSPS) is 13.4. The first-order chi connectivity index (χ1) is 5.11. The quantitative estimate of drug-likeness (QED) is 0.617. The van der Waals surface area contributed by atoms with Gasteiger partial charge in [0.1, 0.15) is 0 Å². The lowest BCUT2D eigenvalue weighted by Crippen LogP contribution is -2.11. The molecule has 0 rings (SSSR count). The Morgan fingerprint density at radius 1 is 1.36 bits per heavy atom. The van der Waals surface area contributed by atoms with Crippen LogP contribution in [-0.2, 0) is 4.79 Å². The summed E-state index contributed by atoms with van der Waals surface area (Å²) < 4.78 is 0. The number of rotatable bonds is 3. The van der Waals surface area contributed by atoms with Gasteiger partial charge in [-0.15, -0.1) is 0 Å². The maximum atomic E-state index is 10.5. The van der Waals surface area contributed by atoms with E-state index in [1.807, 2.05) is 32.9 Å². The summed E-state index contributed by atoms with van der Waals surface area (Å²) in [4.78, 5) is 10.5. The van der Waals surface area contributed by atoms with Crippen LogP contribution in [0.2, 0.25) is 0 Å². The van der Waals surface area contributed by atoms with Gasteiger partial charge >= 0.3 is 0 Å². The van der Waals surface area contributed by atoms with Crippen molar-refractivity contribution in [1.29, 1.82) is 0 Å². The molecule has 0 radical (unpaired) electrons. The van der Waals surface area contributed by atoms with Crippen molar-refractivity contribution >= 4 is 5.91 Å². The van der Waals surface area contributed by atoms with Crippen LogP contribution >= 0.6 is 0 Å². The fraction of sp³-hybridized carbons (Fsp3) is 0.444. The molecule has 0 aliphatic heterocycles. The topological polar surface area (TPSA) is 43.1 Å². The van der Waals surface area contributed by atoms with Gasteiger partial charge in [-0.2, -0.15) is 0 Å². The third-order valence-corrected chi connectivity index (χ3v) is 1.65. The highest BCUT2D eigenvalue weighted by Crippen LogP contribution is 2.12. The molecule has 0 saturated carbocycles. The number of carbonyl (C=O) groups is 1. The third-order valence-electron chi connectivity index (χ3n) is 1.65. The van der Waals surface area contributed by atoms with Crippen molar-refractivity contribution in [2.45, 2.75) is 27.2 Å². The minimum Gasteiger partial charge on any atom is -0.369 e. The van der Waals surface area contributed by atoms with Gasteiger partial charge in [0.25, 0.3) is 0 Å². The van der Waals surface area contributed by atoms with Crippen LogP contribution in [0.4, 0.5) is 0 Å². The maximum absolute atomic E-state index is 10.5. The molecule has 11 heavy (non-hydrogen) atoms. The van der Waals surface area contributed by atoms with E-state index in [1.54, 1.807) is 0 Å². The first-order valence-corrected chi connectivity index (χ1v) is 3.68. The zero-order valence-corrected chi connectivity index (χ0v) is 7.35. The molecule has 0 atom stereocenters. The molecular weight excluding hydrogens is 138 g/mol. The van der Waals surface area contributed by atoms with E-state index in [0.717, 1.165) is 11.1 Å². The first kappa shape index (κ1) is 9.95. The van der Waals surface area contributed by atoms with Crippen molar-refractivity contribution in [3.63, 3.8) is 0 Å². The van der Waals surface area contributed by atoms with E-state index in [9.17, 15) is 4.79 Å². The molecule has 0 saturated heterocycles. The van der Waals surface area contributed by atoms with Gasteiger partial charge in [-0.05, 0) is 26.3 Å². The molecule has 0 aliphatic carbocycles. The molecule has 0 aromatic heterocycles. The first-order valence-electron chi connectivity index (χ1n) is 3.68. The predicted molar refractivity (Wildman–Crippen MR) is 47.0 cm³/mol. The molecular formula is C9H15NO. The van der Waals surface area contributed by atoms with Crippen LogP contribution < -0.4 is 5.73 Å². The highest BCUT2D eigenvalue weighted by atomic mass is 16.1. The Morgan fingerprint density at radius 3 is 2.18 bits per heavy atom. The van der Waals surface area contributed by atoms with Gasteiger partial charge in [0, 0.05) is 0 Å². The molecule has 0 unspecified atom stereocenters. The van der Waals surface area contributed by atoms with E-state index in [1.165, 1.54) is 0 Å². The highest BCUT2D eigenvalue weighted by molar-refractivity contribution is 5.77. The average Bonchev–Trinajstić information content (AvgIpc) is 1.98. The number of hydrogen-bond donors (Lipinski definition) is 1. The van der Waals surface area contributed by atoms with E-state index < -0.39 is 0 Å². The van der Waals surface area contributed by atoms with Crippen molar-refractivity contribution in [3.05, 3.63) is 23.3 Å². The van der Waals surface area contributed by atoms with Gasteiger partial charge in [-0.1, -0.05) is 17.7 Å². The minimum absolute atomic E-state index is 0.278. The van der Waals surface area contributed by atoms with Gasteiger partial charge in [-0.25, -0.2) is 0 Å². The lowest BCUT2D eigenvalue weighted by Gasteiger charge is -2.02. The SMILES string of the molecule is CC=C(C)C(=CC)CC(N)=O. The molecule has 2 heteroatoms. The van der Waals surface area contributed by atoms with Crippen LogP contribution in [0.15, 0.2) is 23.3 Å². The number of amides is 1. The van der Waals surface area contributed by atoms with Crippen molar-refractivity contribution in [2.75, 3.05) is 0 Å². The Bertz CT molecular complexity index is 202. The number of allylic oxidation sites excluding steroid dienone is 3. The number of primary amides is 1. The van der Waals surface area contributed by atoms with Crippen LogP contribution in [0.3, 0.4) is 0 Å². The smallest absolute Gasteiger partial charge is 0.221 e. The molecule has 2 nitrogen and oxygen atoms in total. The molecule has 62 valence electrons. The van der Waals surface area contributed by atoms with Gasteiger partial charge in [0.15, 0.2) is 0 Å². The maximum Gasteiger partial charge on any atom is 0.221 e. The molecule has 1 amide bonds. The molecule has 2 N–H and O–H groups in total. The van der Waals surface area contributed by atoms with E-state index in [4.69, 9.17) is 5.73 Å². The van der Waals surface area contributed by atoms with E-state index in [2.05, 4.69) is 0 Å². The van der Waals surface area contributed by atoms with Crippen LogP contribution in [0.25, 0.3) is 0 Å². The third kappa shape index (κ3) is 3.61. The summed E-state index contributed by atoms with van der Waals surface area (Å²) in [6.07, 6.45) is 4.23. The largest absolute Gasteiger partial charge is 0.369 e. The molecule has 0 bridgehead atoms. The zero-order valence-electron chi connectivity index (χ0n) is 7.35. The Morgan fingerprint density at radius 2 is 1.91 bits per heavy atom. The Kier molecular flexibility index (Phi) is 4.27. The van der Waals surface area contributed by atoms with Crippen molar-refractivity contribution in [1.82, 2.24) is 0 Å². The second-order valence-corrected chi connectivity index (χ2v) is 2.43. The Labute approximate surface area is 67.8 Å². The molecule has 0 spiro atoms. The van der Waals surface area contributed by atoms with E-state index >= 15 is 0 Å². The van der Waals surface area contributed by atoms with Crippen molar-refractivity contribution in [2.24, 2.45) is 5.73 Å². The second-order valence-electron chi connectivity index (χ2n) is 2.43. The predicted octanol–water partition coefficient (Wildman–Crippen LogP) is 1.77. The molecule has 0 heterocycles. The second kappa shape index (κ2) is 4.72. The van der Waals surface area contributed by atoms with E-state index in [0.29, 0.717) is 6.42 Å². The van der Waals surface area contributed by atoms with Gasteiger partial charge < -0.3 is 5.73 Å². The van der Waals surface area contributed by atoms with Crippen molar-refractivity contribution < 1.29 is 4.79 Å². The lowest BCUT2D eigenvalue weighted by molar-refractivity contribution is -0.117. The Hall–Kier alpha value is -1.05. The number of carbonyl (C=O) groups excluding carboxylic acids is 1. The summed E-state index contributed by atoms with van der Waals surface area (Å²) in [5.74, 6) is -0.278. The van der Waals surface area contributed by atoms with Crippen LogP contribution in [0.5, 0.6) is 0 Å². The Balaban J connectivity index is 4.32.